The molecule has 0 aliphatic carbocycles. The molecule has 4 rings (SSSR count). The highest BCUT2D eigenvalue weighted by atomic mass is 32.1. The Bertz CT molecular complexity index is 1050. The second-order valence-electron chi connectivity index (χ2n) is 9.33. The van der Waals surface area contributed by atoms with Crippen LogP contribution in [0.2, 0.25) is 0 Å². The van der Waals surface area contributed by atoms with E-state index >= 15 is 0 Å². The molecule has 34 heavy (non-hydrogen) atoms. The fraction of sp³-hybridized carbons (Fsp3) is 0.522. The monoisotopic (exact) mass is 487 g/mol. The fourth-order valence-electron chi connectivity index (χ4n) is 4.19. The Kier molecular flexibility index (Phi) is 6.96. The Balaban J connectivity index is 1.54. The van der Waals surface area contributed by atoms with Crippen molar-refractivity contribution in [3.63, 3.8) is 0 Å². The predicted octanol–water partition coefficient (Wildman–Crippen LogP) is 1.82. The zero-order chi connectivity index (χ0) is 24.5. The number of carbonyl (C=O) groups is 3. The summed E-state index contributed by atoms with van der Waals surface area (Å²) in [5.74, 6) is -0.133. The maximum atomic E-state index is 12.8. The number of methoxy groups -OCH3 is 1. The molecule has 10 nitrogen and oxygen atoms in total. The van der Waals surface area contributed by atoms with E-state index in [1.165, 1.54) is 11.3 Å². The van der Waals surface area contributed by atoms with Crippen LogP contribution < -0.4 is 15.1 Å². The van der Waals surface area contributed by atoms with Gasteiger partial charge in [-0.25, -0.2) is 9.97 Å². The number of hydrogen-bond donors (Lipinski definition) is 1. The van der Waals surface area contributed by atoms with Gasteiger partial charge in [-0.1, -0.05) is 0 Å². The van der Waals surface area contributed by atoms with Gasteiger partial charge in [-0.15, -0.1) is 11.3 Å². The highest BCUT2D eigenvalue weighted by molar-refractivity contribution is 7.13. The summed E-state index contributed by atoms with van der Waals surface area (Å²) in [5, 5.41) is 5.76. The van der Waals surface area contributed by atoms with Gasteiger partial charge >= 0.3 is 5.97 Å². The summed E-state index contributed by atoms with van der Waals surface area (Å²) in [4.78, 5) is 49.5. The van der Waals surface area contributed by atoms with Gasteiger partial charge in [-0.05, 0) is 32.9 Å². The van der Waals surface area contributed by atoms with Crippen LogP contribution in [0.4, 0.5) is 16.8 Å². The molecule has 2 aliphatic rings. The number of rotatable bonds is 7. The second-order valence-corrected chi connectivity index (χ2v) is 10.2. The second kappa shape index (κ2) is 9.77. The molecule has 2 aliphatic heterocycles. The van der Waals surface area contributed by atoms with Gasteiger partial charge in [0, 0.05) is 38.3 Å². The first-order valence-corrected chi connectivity index (χ1v) is 12.0. The molecule has 1 N–H and O–H groups in total. The van der Waals surface area contributed by atoms with Crippen molar-refractivity contribution in [3.8, 4) is 0 Å². The minimum atomic E-state index is -0.754. The fourth-order valence-corrected chi connectivity index (χ4v) is 4.84. The van der Waals surface area contributed by atoms with Crippen LogP contribution in [-0.2, 0) is 19.1 Å². The van der Waals surface area contributed by atoms with Gasteiger partial charge in [0.15, 0.2) is 10.9 Å². The van der Waals surface area contributed by atoms with Crippen LogP contribution in [0.15, 0.2) is 23.7 Å². The Labute approximate surface area is 202 Å². The molecule has 1 saturated heterocycles. The number of ether oxygens (including phenoxy) is 2. The number of carbonyl (C=O) groups excluding carboxylic acids is 3. The Morgan fingerprint density at radius 2 is 2.09 bits per heavy atom. The molecule has 0 amide bonds. The third-order valence-electron chi connectivity index (χ3n) is 5.73. The van der Waals surface area contributed by atoms with Crippen molar-refractivity contribution in [1.29, 1.82) is 0 Å². The van der Waals surface area contributed by atoms with Gasteiger partial charge in [0.1, 0.15) is 23.5 Å². The van der Waals surface area contributed by atoms with Crippen LogP contribution in [0.3, 0.4) is 0 Å². The summed E-state index contributed by atoms with van der Waals surface area (Å²) in [7, 11) is 1.64. The highest BCUT2D eigenvalue weighted by Gasteiger charge is 2.37. The predicted molar refractivity (Wildman–Crippen MR) is 128 cm³/mol. The van der Waals surface area contributed by atoms with E-state index in [4.69, 9.17) is 14.5 Å². The largest absolute Gasteiger partial charge is 0.459 e. The van der Waals surface area contributed by atoms with E-state index in [0.717, 1.165) is 0 Å². The van der Waals surface area contributed by atoms with E-state index in [2.05, 4.69) is 15.2 Å². The summed E-state index contributed by atoms with van der Waals surface area (Å²) in [5.41, 5.74) is -0.137. The molecule has 0 radical (unpaired) electrons. The number of pyridine rings is 1. The van der Waals surface area contributed by atoms with Crippen LogP contribution in [0.5, 0.6) is 0 Å². The minimum absolute atomic E-state index is 0.0761. The van der Waals surface area contributed by atoms with Crippen molar-refractivity contribution < 1.29 is 23.9 Å². The number of ketones is 1. The smallest absolute Gasteiger partial charge is 0.320 e. The quantitative estimate of drug-likeness (QED) is 0.352. The molecule has 0 saturated carbocycles. The van der Waals surface area contributed by atoms with Crippen molar-refractivity contribution in [2.75, 3.05) is 43.1 Å². The summed E-state index contributed by atoms with van der Waals surface area (Å²) < 4.78 is 11.0. The molecule has 11 heteroatoms. The highest BCUT2D eigenvalue weighted by Crippen LogP contribution is 2.36. The summed E-state index contributed by atoms with van der Waals surface area (Å²) in [6.07, 6.45) is 2.21. The molecule has 2 aromatic heterocycles. The standard InChI is InChI=1S/C23H29N5O5S/c1-23(2,3)33-19(30)9-25-16-11-27(12-17(16)32-4)18-6-5-15-20(31)14(13-29)10-28(21(15)26-18)22-24-7-8-34-22/h5-8,13-14,16-17,25H,9-12H2,1-4H3. The molecule has 0 bridgehead atoms. The lowest BCUT2D eigenvalue weighted by Crippen LogP contribution is -2.44. The molecule has 3 atom stereocenters. The molecule has 3 unspecified atom stereocenters. The molecule has 4 heterocycles. The first-order chi connectivity index (χ1) is 16.2. The van der Waals surface area contributed by atoms with Crippen LogP contribution in [0.25, 0.3) is 0 Å². The number of hydrogen-bond acceptors (Lipinski definition) is 11. The van der Waals surface area contributed by atoms with Crippen molar-refractivity contribution in [2.24, 2.45) is 5.92 Å². The number of aromatic nitrogens is 2. The van der Waals surface area contributed by atoms with E-state index in [-0.39, 0.29) is 37.0 Å². The first kappa shape index (κ1) is 24.2. The van der Waals surface area contributed by atoms with Crippen molar-refractivity contribution in [2.45, 2.75) is 38.5 Å². The number of nitrogens with zero attached hydrogens (tertiary/aromatic N) is 4. The van der Waals surface area contributed by atoms with E-state index in [9.17, 15) is 14.4 Å². The van der Waals surface area contributed by atoms with Gasteiger partial charge in [0.05, 0.1) is 30.2 Å². The zero-order valence-electron chi connectivity index (χ0n) is 19.7. The van der Waals surface area contributed by atoms with Gasteiger partial charge in [-0.3, -0.25) is 14.9 Å². The zero-order valence-corrected chi connectivity index (χ0v) is 20.5. The summed E-state index contributed by atoms with van der Waals surface area (Å²) in [6, 6.07) is 3.40. The molecular formula is C23H29N5O5S. The summed E-state index contributed by atoms with van der Waals surface area (Å²) >= 11 is 1.42. The lowest BCUT2D eigenvalue weighted by molar-refractivity contribution is -0.153. The Morgan fingerprint density at radius 1 is 1.29 bits per heavy atom. The number of nitrogens with one attached hydrogen (secondary N) is 1. The lowest BCUT2D eigenvalue weighted by atomic mass is 9.94. The Morgan fingerprint density at radius 3 is 2.74 bits per heavy atom. The molecule has 0 spiro atoms. The maximum Gasteiger partial charge on any atom is 0.320 e. The third-order valence-corrected chi connectivity index (χ3v) is 6.53. The van der Waals surface area contributed by atoms with Crippen molar-refractivity contribution >= 4 is 46.1 Å². The van der Waals surface area contributed by atoms with Crippen molar-refractivity contribution in [3.05, 3.63) is 29.3 Å². The topological polar surface area (TPSA) is 114 Å². The van der Waals surface area contributed by atoms with Gasteiger partial charge in [0.2, 0.25) is 0 Å². The molecular weight excluding hydrogens is 458 g/mol. The van der Waals surface area contributed by atoms with Gasteiger partial charge in [0.25, 0.3) is 0 Å². The minimum Gasteiger partial charge on any atom is -0.459 e. The number of thiazole rings is 1. The summed E-state index contributed by atoms with van der Waals surface area (Å²) in [6.45, 7) is 6.91. The van der Waals surface area contributed by atoms with Crippen LogP contribution in [0, 0.1) is 5.92 Å². The molecule has 2 aromatic rings. The third kappa shape index (κ3) is 5.11. The van der Waals surface area contributed by atoms with E-state index in [1.54, 1.807) is 25.4 Å². The molecule has 182 valence electrons. The average molecular weight is 488 g/mol. The van der Waals surface area contributed by atoms with Crippen LogP contribution in [-0.4, -0.2) is 79.0 Å². The van der Waals surface area contributed by atoms with Crippen molar-refractivity contribution in [1.82, 2.24) is 15.3 Å². The first-order valence-electron chi connectivity index (χ1n) is 11.1. The van der Waals surface area contributed by atoms with E-state index in [1.807, 2.05) is 31.1 Å². The number of Topliss-reactive ketones (excluding diaryl/α,β-unsaturated/α-hetero) is 1. The average Bonchev–Trinajstić information content (AvgIpc) is 3.47. The van der Waals surface area contributed by atoms with Gasteiger partial charge < -0.3 is 24.1 Å². The van der Waals surface area contributed by atoms with Crippen LogP contribution >= 0.6 is 11.3 Å². The number of aldehydes is 1. The van der Waals surface area contributed by atoms with E-state index in [0.29, 0.717) is 41.7 Å². The number of esters is 1. The SMILES string of the molecule is COC1CN(c2ccc3c(n2)N(c2nccs2)CC(C=O)C3=O)CC1NCC(=O)OC(C)(C)C. The Hall–Kier alpha value is -2.89. The maximum absolute atomic E-state index is 12.8. The van der Waals surface area contributed by atoms with Crippen LogP contribution in [0.1, 0.15) is 31.1 Å². The van der Waals surface area contributed by atoms with Gasteiger partial charge in [-0.2, -0.15) is 0 Å². The molecule has 0 aromatic carbocycles. The number of fused-ring (bicyclic) bond motifs is 1. The normalized spacial score (nSPS) is 22.6. The lowest BCUT2D eigenvalue weighted by Gasteiger charge is -2.31. The van der Waals surface area contributed by atoms with E-state index < -0.39 is 11.5 Å². The molecule has 1 fully saturated rings. The number of anilines is 3.